The summed E-state index contributed by atoms with van der Waals surface area (Å²) in [5.74, 6) is 0. The van der Waals surface area contributed by atoms with Gasteiger partial charge in [0, 0.05) is 5.56 Å². The maximum absolute atomic E-state index is 4.46. The van der Waals surface area contributed by atoms with Crippen LogP contribution in [0.2, 0.25) is 0 Å². The van der Waals surface area contributed by atoms with Crippen LogP contribution in [0.25, 0.3) is 17.3 Å². The molecule has 3 rings (SSSR count). The summed E-state index contributed by atoms with van der Waals surface area (Å²) >= 11 is 0. The summed E-state index contributed by atoms with van der Waals surface area (Å²) in [6.07, 6.45) is 9.28. The number of hydrogen-bond donors (Lipinski definition) is 0. The molecule has 0 fully saturated rings. The van der Waals surface area contributed by atoms with Gasteiger partial charge in [-0.25, -0.2) is 4.68 Å². The van der Waals surface area contributed by atoms with Crippen LogP contribution in [-0.2, 0) is 6.54 Å². The molecule has 0 N–H and O–H groups in total. The van der Waals surface area contributed by atoms with Crippen LogP contribution < -0.4 is 0 Å². The molecule has 0 saturated heterocycles. The first kappa shape index (κ1) is 17.2. The predicted octanol–water partition coefficient (Wildman–Crippen LogP) is 5.59. The third kappa shape index (κ3) is 4.66. The van der Waals surface area contributed by atoms with Crippen LogP contribution in [0.1, 0.15) is 43.9 Å². The van der Waals surface area contributed by atoms with Crippen LogP contribution in [0.5, 0.6) is 0 Å². The monoisotopic (exact) mass is 331 g/mol. The van der Waals surface area contributed by atoms with E-state index in [9.17, 15) is 0 Å². The highest BCUT2D eigenvalue weighted by molar-refractivity contribution is 5.69. The Hall–Kier alpha value is -2.68. The summed E-state index contributed by atoms with van der Waals surface area (Å²) in [5, 5.41) is 8.88. The van der Waals surface area contributed by atoms with Crippen LogP contribution >= 0.6 is 0 Å². The van der Waals surface area contributed by atoms with E-state index in [1.807, 2.05) is 28.9 Å². The molecule has 128 valence electrons. The Balaban J connectivity index is 1.88. The lowest BCUT2D eigenvalue weighted by molar-refractivity contribution is 0.644. The fourth-order valence-corrected chi connectivity index (χ4v) is 2.87. The van der Waals surface area contributed by atoms with Gasteiger partial charge in [0.1, 0.15) is 5.69 Å². The summed E-state index contributed by atoms with van der Waals surface area (Å²) in [7, 11) is 0. The molecule has 0 unspecified atom stereocenters. The Morgan fingerprint density at radius 3 is 2.36 bits per heavy atom. The third-order valence-electron chi connectivity index (χ3n) is 4.25. The molecule has 0 spiro atoms. The molecule has 3 nitrogen and oxygen atoms in total. The zero-order valence-electron chi connectivity index (χ0n) is 14.8. The van der Waals surface area contributed by atoms with Crippen LogP contribution in [0.3, 0.4) is 0 Å². The van der Waals surface area contributed by atoms with Crippen molar-refractivity contribution < 1.29 is 0 Å². The van der Waals surface area contributed by atoms with Crippen molar-refractivity contribution in [3.63, 3.8) is 0 Å². The number of rotatable bonds is 8. The van der Waals surface area contributed by atoms with E-state index in [0.717, 1.165) is 29.9 Å². The van der Waals surface area contributed by atoms with E-state index in [2.05, 4.69) is 65.8 Å². The summed E-state index contributed by atoms with van der Waals surface area (Å²) in [4.78, 5) is 0. The lowest BCUT2D eigenvalue weighted by Gasteiger charge is -2.05. The first-order chi connectivity index (χ1) is 12.4. The van der Waals surface area contributed by atoms with Gasteiger partial charge in [-0.3, -0.25) is 0 Å². The van der Waals surface area contributed by atoms with E-state index in [-0.39, 0.29) is 0 Å². The van der Waals surface area contributed by atoms with Gasteiger partial charge in [0.2, 0.25) is 0 Å². The Bertz CT molecular complexity index is 789. The van der Waals surface area contributed by atoms with Crippen molar-refractivity contribution in [1.29, 1.82) is 0 Å². The number of aromatic nitrogens is 3. The number of nitrogens with zero attached hydrogens (tertiary/aromatic N) is 3. The fourth-order valence-electron chi connectivity index (χ4n) is 2.87. The summed E-state index contributed by atoms with van der Waals surface area (Å²) in [6.45, 7) is 2.96. The topological polar surface area (TPSA) is 30.7 Å². The maximum atomic E-state index is 4.46. The third-order valence-corrected chi connectivity index (χ3v) is 4.25. The Kier molecular flexibility index (Phi) is 6.16. The van der Waals surface area contributed by atoms with E-state index in [1.54, 1.807) is 0 Å². The number of benzene rings is 2. The summed E-state index contributed by atoms with van der Waals surface area (Å²) < 4.78 is 1.99. The highest BCUT2D eigenvalue weighted by Gasteiger charge is 2.12. The Morgan fingerprint density at radius 1 is 0.920 bits per heavy atom. The van der Waals surface area contributed by atoms with E-state index in [1.165, 1.54) is 24.8 Å². The molecule has 0 bridgehead atoms. The predicted molar refractivity (Wildman–Crippen MR) is 104 cm³/mol. The molecule has 0 saturated carbocycles. The molecule has 3 aromatic rings. The SMILES string of the molecule is CCCCC/C=C/c1c(-c2ccccc2)nnn1Cc1ccccc1. The number of hydrogen-bond acceptors (Lipinski definition) is 2. The Morgan fingerprint density at radius 2 is 1.64 bits per heavy atom. The second kappa shape index (κ2) is 8.97. The number of allylic oxidation sites excluding steroid dienone is 1. The van der Waals surface area contributed by atoms with Crippen molar-refractivity contribution in [2.24, 2.45) is 0 Å². The molecule has 0 aliphatic carbocycles. The van der Waals surface area contributed by atoms with Crippen LogP contribution in [0.4, 0.5) is 0 Å². The number of unbranched alkanes of at least 4 members (excludes halogenated alkanes) is 3. The molecule has 0 atom stereocenters. The highest BCUT2D eigenvalue weighted by Crippen LogP contribution is 2.23. The van der Waals surface area contributed by atoms with E-state index in [0.29, 0.717) is 0 Å². The maximum Gasteiger partial charge on any atom is 0.120 e. The molecule has 25 heavy (non-hydrogen) atoms. The van der Waals surface area contributed by atoms with E-state index in [4.69, 9.17) is 0 Å². The van der Waals surface area contributed by atoms with Gasteiger partial charge in [-0.1, -0.05) is 91.7 Å². The quantitative estimate of drug-likeness (QED) is 0.504. The van der Waals surface area contributed by atoms with Crippen molar-refractivity contribution in [3.05, 3.63) is 78.0 Å². The van der Waals surface area contributed by atoms with Crippen LogP contribution in [-0.4, -0.2) is 15.0 Å². The van der Waals surface area contributed by atoms with Gasteiger partial charge in [0.25, 0.3) is 0 Å². The summed E-state index contributed by atoms with van der Waals surface area (Å²) in [6, 6.07) is 20.7. The molecule has 0 radical (unpaired) electrons. The lowest BCUT2D eigenvalue weighted by atomic mass is 10.1. The van der Waals surface area contributed by atoms with Crippen LogP contribution in [0, 0.1) is 0 Å². The van der Waals surface area contributed by atoms with Crippen LogP contribution in [0.15, 0.2) is 66.7 Å². The van der Waals surface area contributed by atoms with Gasteiger partial charge < -0.3 is 0 Å². The highest BCUT2D eigenvalue weighted by atomic mass is 15.4. The van der Waals surface area contributed by atoms with Gasteiger partial charge in [0.05, 0.1) is 12.2 Å². The van der Waals surface area contributed by atoms with Gasteiger partial charge in [-0.2, -0.15) is 0 Å². The fraction of sp³-hybridized carbons (Fsp3) is 0.273. The molecule has 3 heteroatoms. The molecule has 1 aromatic heterocycles. The molecule has 1 heterocycles. The Labute approximate surface area is 150 Å². The molecule has 2 aromatic carbocycles. The second-order valence-corrected chi connectivity index (χ2v) is 6.23. The zero-order chi connectivity index (χ0) is 17.3. The second-order valence-electron chi connectivity index (χ2n) is 6.23. The standard InChI is InChI=1S/C22H25N3/c1-2-3-4-5-12-17-21-22(20-15-10-7-11-16-20)23-24-25(21)18-19-13-8-6-9-14-19/h6-17H,2-5,18H2,1H3/b17-12+. The first-order valence-corrected chi connectivity index (χ1v) is 9.08. The van der Waals surface area contributed by atoms with Gasteiger partial charge in [-0.15, -0.1) is 5.10 Å². The van der Waals surface area contributed by atoms with Crippen molar-refractivity contribution in [2.75, 3.05) is 0 Å². The minimum atomic E-state index is 0.731. The van der Waals surface area contributed by atoms with Crippen molar-refractivity contribution in [1.82, 2.24) is 15.0 Å². The molecule has 0 amide bonds. The molecule has 0 aliphatic rings. The molecule has 0 aliphatic heterocycles. The minimum Gasteiger partial charge on any atom is -0.240 e. The van der Waals surface area contributed by atoms with Crippen molar-refractivity contribution in [3.8, 4) is 11.3 Å². The van der Waals surface area contributed by atoms with E-state index >= 15 is 0 Å². The lowest BCUT2D eigenvalue weighted by Crippen LogP contribution is -2.04. The summed E-state index contributed by atoms with van der Waals surface area (Å²) in [5.41, 5.74) is 4.36. The average Bonchev–Trinajstić information content (AvgIpc) is 3.06. The van der Waals surface area contributed by atoms with Gasteiger partial charge >= 0.3 is 0 Å². The normalized spacial score (nSPS) is 11.2. The zero-order valence-corrected chi connectivity index (χ0v) is 14.8. The molecular weight excluding hydrogens is 306 g/mol. The average molecular weight is 331 g/mol. The van der Waals surface area contributed by atoms with E-state index < -0.39 is 0 Å². The largest absolute Gasteiger partial charge is 0.240 e. The first-order valence-electron chi connectivity index (χ1n) is 9.08. The molecular formula is C22H25N3. The smallest absolute Gasteiger partial charge is 0.120 e. The van der Waals surface area contributed by atoms with Crippen molar-refractivity contribution in [2.45, 2.75) is 39.2 Å². The van der Waals surface area contributed by atoms with Gasteiger partial charge in [0.15, 0.2) is 0 Å². The van der Waals surface area contributed by atoms with Crippen molar-refractivity contribution >= 4 is 6.08 Å². The van der Waals surface area contributed by atoms with Gasteiger partial charge in [-0.05, 0) is 24.5 Å². The minimum absolute atomic E-state index is 0.731.